The van der Waals surface area contributed by atoms with Gasteiger partial charge in [-0.25, -0.2) is 4.99 Å². The maximum absolute atomic E-state index is 5.77. The van der Waals surface area contributed by atoms with Crippen molar-refractivity contribution in [2.75, 3.05) is 18.1 Å². The zero-order chi connectivity index (χ0) is 21.8. The number of allylic oxidation sites excluding steroid dienone is 2. The molecule has 0 bridgehead atoms. The molecule has 1 heterocycles. The van der Waals surface area contributed by atoms with Crippen LogP contribution in [0, 0.1) is 0 Å². The van der Waals surface area contributed by atoms with E-state index in [4.69, 9.17) is 9.73 Å². The van der Waals surface area contributed by atoms with E-state index in [2.05, 4.69) is 31.2 Å². The molecule has 0 amide bonds. The minimum absolute atomic E-state index is 0.328. The van der Waals surface area contributed by atoms with Gasteiger partial charge in [0.2, 0.25) is 5.90 Å². The molecule has 0 fully saturated rings. The minimum atomic E-state index is 0.328. The lowest BCUT2D eigenvalue weighted by molar-refractivity contribution is 0.325. The smallest absolute Gasteiger partial charge is 0.216 e. The second kappa shape index (κ2) is 18.4. The predicted octanol–water partition coefficient (Wildman–Crippen LogP) is 8.60. The van der Waals surface area contributed by atoms with E-state index in [0.717, 1.165) is 23.8 Å². The molecule has 1 atom stereocenters. The molecular formula is C28H45NOS. The van der Waals surface area contributed by atoms with Crippen LogP contribution < -0.4 is 0 Å². The number of aliphatic imine (C=N–C) groups is 1. The maximum Gasteiger partial charge on any atom is 0.216 e. The molecule has 1 aromatic carbocycles. The number of ether oxygens (including phenoxy) is 1. The molecule has 0 saturated carbocycles. The van der Waals surface area contributed by atoms with E-state index in [1.807, 2.05) is 30.0 Å². The molecule has 3 heteroatoms. The van der Waals surface area contributed by atoms with Crippen LogP contribution in [0.15, 0.2) is 47.5 Å². The molecule has 2 rings (SSSR count). The zero-order valence-corrected chi connectivity index (χ0v) is 20.7. The standard InChI is InChI=1S/C28H45NOS/c1-2-3-4-5-6-7-8-9-10-11-12-13-14-15-16-20-23-31-25-27-24-30-28(29-27)26-21-18-17-19-22-26/h9-10,17-19,21-22,27H,2-8,11-16,20,23-25H2,1H3. The van der Waals surface area contributed by atoms with Crippen molar-refractivity contribution in [2.45, 2.75) is 103 Å². The highest BCUT2D eigenvalue weighted by molar-refractivity contribution is 7.99. The van der Waals surface area contributed by atoms with Gasteiger partial charge in [-0.15, -0.1) is 0 Å². The summed E-state index contributed by atoms with van der Waals surface area (Å²) in [6.45, 7) is 3.03. The molecule has 0 spiro atoms. The third kappa shape index (κ3) is 13.0. The second-order valence-corrected chi connectivity index (χ2v) is 9.93. The lowest BCUT2D eigenvalue weighted by Crippen LogP contribution is -2.09. The van der Waals surface area contributed by atoms with Gasteiger partial charge in [0.25, 0.3) is 0 Å². The van der Waals surface area contributed by atoms with Crippen molar-refractivity contribution in [3.63, 3.8) is 0 Å². The highest BCUT2D eigenvalue weighted by atomic mass is 32.2. The summed E-state index contributed by atoms with van der Waals surface area (Å²) in [7, 11) is 0. The van der Waals surface area contributed by atoms with Crippen LogP contribution in [-0.4, -0.2) is 30.1 Å². The van der Waals surface area contributed by atoms with E-state index in [0.29, 0.717) is 6.04 Å². The van der Waals surface area contributed by atoms with E-state index >= 15 is 0 Å². The number of thioether (sulfide) groups is 1. The molecule has 0 radical (unpaired) electrons. The van der Waals surface area contributed by atoms with Crippen LogP contribution in [0.5, 0.6) is 0 Å². The maximum atomic E-state index is 5.77. The summed E-state index contributed by atoms with van der Waals surface area (Å²) in [5, 5.41) is 0. The molecule has 1 aromatic rings. The molecule has 1 unspecified atom stereocenters. The van der Waals surface area contributed by atoms with E-state index in [9.17, 15) is 0 Å². The third-order valence-electron chi connectivity index (χ3n) is 5.84. The van der Waals surface area contributed by atoms with Crippen LogP contribution in [0.25, 0.3) is 0 Å². The van der Waals surface area contributed by atoms with Gasteiger partial charge in [-0.1, -0.05) is 95.1 Å². The fraction of sp³-hybridized carbons (Fsp3) is 0.679. The second-order valence-electron chi connectivity index (χ2n) is 8.78. The molecule has 31 heavy (non-hydrogen) atoms. The summed E-state index contributed by atoms with van der Waals surface area (Å²) in [5.74, 6) is 3.17. The first-order valence-electron chi connectivity index (χ1n) is 12.9. The summed E-state index contributed by atoms with van der Waals surface area (Å²) in [6, 6.07) is 10.6. The topological polar surface area (TPSA) is 21.6 Å². The summed E-state index contributed by atoms with van der Waals surface area (Å²) in [4.78, 5) is 4.74. The van der Waals surface area contributed by atoms with Gasteiger partial charge >= 0.3 is 0 Å². The van der Waals surface area contributed by atoms with Crippen LogP contribution >= 0.6 is 11.8 Å². The van der Waals surface area contributed by atoms with Gasteiger partial charge in [0.15, 0.2) is 0 Å². The highest BCUT2D eigenvalue weighted by Gasteiger charge is 2.19. The van der Waals surface area contributed by atoms with E-state index < -0.39 is 0 Å². The Kier molecular flexibility index (Phi) is 15.4. The van der Waals surface area contributed by atoms with Gasteiger partial charge in [-0.3, -0.25) is 0 Å². The van der Waals surface area contributed by atoms with Gasteiger partial charge in [0, 0.05) is 11.3 Å². The van der Waals surface area contributed by atoms with Crippen molar-refractivity contribution in [2.24, 2.45) is 4.99 Å². The fourth-order valence-corrected chi connectivity index (χ4v) is 4.93. The van der Waals surface area contributed by atoms with Gasteiger partial charge < -0.3 is 4.74 Å². The Balaban J connectivity index is 1.32. The van der Waals surface area contributed by atoms with Crippen molar-refractivity contribution in [1.82, 2.24) is 0 Å². The van der Waals surface area contributed by atoms with Gasteiger partial charge in [0.05, 0.1) is 6.04 Å². The monoisotopic (exact) mass is 443 g/mol. The SMILES string of the molecule is CCCCCCCCC=CCCCCCCCCSCC1COC(c2ccccc2)=N1. The first-order chi connectivity index (χ1) is 15.4. The molecule has 174 valence electrons. The Bertz CT molecular complexity index is 598. The van der Waals surface area contributed by atoms with Crippen molar-refractivity contribution < 1.29 is 4.74 Å². The quantitative estimate of drug-likeness (QED) is 0.158. The summed E-state index contributed by atoms with van der Waals surface area (Å²) in [6.07, 6.45) is 24.1. The van der Waals surface area contributed by atoms with Gasteiger partial charge in [-0.2, -0.15) is 11.8 Å². The number of hydrogen-bond acceptors (Lipinski definition) is 3. The van der Waals surface area contributed by atoms with Crippen LogP contribution in [0.1, 0.15) is 102 Å². The molecule has 0 N–H and O–H groups in total. The number of rotatable bonds is 19. The van der Waals surface area contributed by atoms with Crippen LogP contribution in [0.2, 0.25) is 0 Å². The van der Waals surface area contributed by atoms with Crippen LogP contribution in [-0.2, 0) is 4.74 Å². The Morgan fingerprint density at radius 1 is 0.839 bits per heavy atom. The average molecular weight is 444 g/mol. The lowest BCUT2D eigenvalue weighted by Gasteiger charge is -2.05. The largest absolute Gasteiger partial charge is 0.475 e. The Labute approximate surface area is 196 Å². The molecule has 1 aliphatic heterocycles. The number of nitrogens with zero attached hydrogens (tertiary/aromatic N) is 1. The summed E-state index contributed by atoms with van der Waals surface area (Å²) >= 11 is 2.04. The number of unbranched alkanes of at least 4 members (excludes halogenated alkanes) is 12. The number of benzene rings is 1. The molecular weight excluding hydrogens is 398 g/mol. The predicted molar refractivity (Wildman–Crippen MR) is 139 cm³/mol. The third-order valence-corrected chi connectivity index (χ3v) is 7.04. The van der Waals surface area contributed by atoms with Crippen molar-refractivity contribution in [1.29, 1.82) is 0 Å². The minimum Gasteiger partial charge on any atom is -0.475 e. The summed E-state index contributed by atoms with van der Waals surface area (Å²) < 4.78 is 5.77. The van der Waals surface area contributed by atoms with Crippen molar-refractivity contribution >= 4 is 17.7 Å². The molecule has 2 nitrogen and oxygen atoms in total. The first-order valence-corrected chi connectivity index (χ1v) is 14.0. The molecule has 1 aliphatic rings. The number of hydrogen-bond donors (Lipinski definition) is 0. The van der Waals surface area contributed by atoms with E-state index in [-0.39, 0.29) is 0 Å². The van der Waals surface area contributed by atoms with Crippen LogP contribution in [0.4, 0.5) is 0 Å². The molecule has 0 aromatic heterocycles. The summed E-state index contributed by atoms with van der Waals surface area (Å²) in [5.41, 5.74) is 1.10. The highest BCUT2D eigenvalue weighted by Crippen LogP contribution is 2.17. The molecule has 0 saturated heterocycles. The Morgan fingerprint density at radius 3 is 2.13 bits per heavy atom. The van der Waals surface area contributed by atoms with Crippen molar-refractivity contribution in [3.8, 4) is 0 Å². The fourth-order valence-electron chi connectivity index (χ4n) is 3.91. The van der Waals surface area contributed by atoms with Crippen LogP contribution in [0.3, 0.4) is 0 Å². The Hall–Kier alpha value is -1.22. The zero-order valence-electron chi connectivity index (χ0n) is 19.9. The normalized spacial score (nSPS) is 16.0. The molecule has 0 aliphatic carbocycles. The van der Waals surface area contributed by atoms with Gasteiger partial charge in [-0.05, 0) is 50.0 Å². The Morgan fingerprint density at radius 2 is 1.45 bits per heavy atom. The lowest BCUT2D eigenvalue weighted by atomic mass is 10.1. The van der Waals surface area contributed by atoms with Gasteiger partial charge in [0.1, 0.15) is 6.61 Å². The van der Waals surface area contributed by atoms with E-state index in [1.54, 1.807) is 0 Å². The van der Waals surface area contributed by atoms with E-state index in [1.165, 1.54) is 95.6 Å². The average Bonchev–Trinajstić information content (AvgIpc) is 3.28. The first kappa shape index (κ1) is 26.0. The van der Waals surface area contributed by atoms with Crippen molar-refractivity contribution in [3.05, 3.63) is 48.0 Å².